The number of hydrogen-bond acceptors (Lipinski definition) is 4. The first-order valence-corrected chi connectivity index (χ1v) is 11.5. The molecule has 0 spiro atoms. The molecule has 0 radical (unpaired) electrons. The lowest BCUT2D eigenvalue weighted by Crippen LogP contribution is -2.32. The van der Waals surface area contributed by atoms with Crippen LogP contribution in [0.15, 0.2) is 71.8 Å². The third-order valence-electron chi connectivity index (χ3n) is 6.42. The summed E-state index contributed by atoms with van der Waals surface area (Å²) < 4.78 is 41.7. The molecule has 0 saturated carbocycles. The molecule has 10 heteroatoms. The van der Waals surface area contributed by atoms with Crippen LogP contribution in [0.5, 0.6) is 0 Å². The van der Waals surface area contributed by atoms with E-state index in [4.69, 9.17) is 0 Å². The van der Waals surface area contributed by atoms with Crippen molar-refractivity contribution >= 4 is 23.3 Å². The number of nitrogens with zero attached hydrogens (tertiary/aromatic N) is 4. The number of aliphatic hydroxyl groups is 1. The molecule has 3 heterocycles. The predicted octanol–water partition coefficient (Wildman–Crippen LogP) is 4.75. The van der Waals surface area contributed by atoms with Gasteiger partial charge in [-0.2, -0.15) is 18.3 Å². The fourth-order valence-corrected chi connectivity index (χ4v) is 4.61. The summed E-state index contributed by atoms with van der Waals surface area (Å²) in [5, 5.41) is 15.7. The first-order chi connectivity index (χ1) is 16.8. The number of aromatic nitrogens is 3. The van der Waals surface area contributed by atoms with E-state index in [0.29, 0.717) is 29.9 Å². The zero-order valence-corrected chi connectivity index (χ0v) is 20.2. The molecule has 1 aliphatic heterocycles. The quantitative estimate of drug-likeness (QED) is 0.400. The molecular weight excluding hydrogens is 493 g/mol. The molecule has 6 nitrogen and oxygen atoms in total. The van der Waals surface area contributed by atoms with Crippen LogP contribution in [0.25, 0.3) is 27.7 Å². The van der Waals surface area contributed by atoms with Crippen LogP contribution in [-0.2, 0) is 12.7 Å². The number of halogens is 4. The van der Waals surface area contributed by atoms with Crippen LogP contribution in [-0.4, -0.2) is 50.1 Å². The van der Waals surface area contributed by atoms with E-state index in [1.54, 1.807) is 23.1 Å². The summed E-state index contributed by atoms with van der Waals surface area (Å²) in [5.74, 6) is 0. The molecule has 36 heavy (non-hydrogen) atoms. The average Bonchev–Trinajstić information content (AvgIpc) is 3.48. The first kappa shape index (κ1) is 25.9. The van der Waals surface area contributed by atoms with Crippen molar-refractivity contribution in [2.75, 3.05) is 19.6 Å². The molecule has 4 aromatic rings. The minimum Gasteiger partial charge on any atom is -0.390 e. The number of benzene rings is 2. The Labute approximate surface area is 212 Å². The Morgan fingerprint density at radius 3 is 2.33 bits per heavy atom. The van der Waals surface area contributed by atoms with Gasteiger partial charge in [0.25, 0.3) is 5.56 Å². The van der Waals surface area contributed by atoms with Crippen LogP contribution in [0.4, 0.5) is 13.2 Å². The molecule has 1 fully saturated rings. The lowest BCUT2D eigenvalue weighted by atomic mass is 10.0. The molecule has 2 aromatic heterocycles. The Kier molecular flexibility index (Phi) is 7.54. The van der Waals surface area contributed by atoms with E-state index in [-0.39, 0.29) is 18.0 Å². The van der Waals surface area contributed by atoms with E-state index in [9.17, 15) is 23.1 Å². The SMILES string of the molecule is Cl.O=c1cc(-c2ccc(C(F)(F)F)cc2)ccn1-c1ccc2c(cnn2CC(O)CN2CCCC2)c1. The minimum absolute atomic E-state index is 0. The van der Waals surface area contributed by atoms with Gasteiger partial charge in [0, 0.05) is 29.9 Å². The molecular formula is C26H26ClF3N4O2. The van der Waals surface area contributed by atoms with Gasteiger partial charge in [-0.15, -0.1) is 12.4 Å². The van der Waals surface area contributed by atoms with Crippen LogP contribution < -0.4 is 5.56 Å². The largest absolute Gasteiger partial charge is 0.416 e. The van der Waals surface area contributed by atoms with Gasteiger partial charge in [-0.25, -0.2) is 0 Å². The molecule has 1 atom stereocenters. The van der Waals surface area contributed by atoms with Crippen molar-refractivity contribution in [3.8, 4) is 16.8 Å². The maximum atomic E-state index is 12.8. The zero-order valence-electron chi connectivity index (χ0n) is 19.4. The zero-order chi connectivity index (χ0) is 24.6. The van der Waals surface area contributed by atoms with Crippen molar-refractivity contribution in [2.24, 2.45) is 0 Å². The van der Waals surface area contributed by atoms with Crippen molar-refractivity contribution in [1.29, 1.82) is 0 Å². The van der Waals surface area contributed by atoms with Crippen LogP contribution in [0.2, 0.25) is 0 Å². The van der Waals surface area contributed by atoms with Gasteiger partial charge >= 0.3 is 6.18 Å². The van der Waals surface area contributed by atoms with Crippen LogP contribution in [0.3, 0.4) is 0 Å². The fourth-order valence-electron chi connectivity index (χ4n) is 4.61. The number of aliphatic hydroxyl groups excluding tert-OH is 1. The van der Waals surface area contributed by atoms with Crippen LogP contribution in [0, 0.1) is 0 Å². The standard InChI is InChI=1S/C26H25F3N4O2.ClH/c27-26(28,29)21-5-3-18(4-6-21)19-9-12-32(25(35)14-19)22-7-8-24-20(13-22)15-30-33(24)17-23(34)16-31-10-1-2-11-31;/h3-9,12-15,23,34H,1-2,10-11,16-17H2;1H. The van der Waals surface area contributed by atoms with Gasteiger partial charge in [0.1, 0.15) is 0 Å². The Morgan fingerprint density at radius 1 is 0.944 bits per heavy atom. The summed E-state index contributed by atoms with van der Waals surface area (Å²) in [4.78, 5) is 15.1. The Hall–Kier alpha value is -3.14. The number of likely N-dealkylation sites (tertiary alicyclic amines) is 1. The van der Waals surface area contributed by atoms with Gasteiger partial charge in [0.15, 0.2) is 0 Å². The predicted molar refractivity (Wildman–Crippen MR) is 135 cm³/mol. The van der Waals surface area contributed by atoms with Gasteiger partial charge in [0.2, 0.25) is 0 Å². The smallest absolute Gasteiger partial charge is 0.390 e. The van der Waals surface area contributed by atoms with Crippen molar-refractivity contribution < 1.29 is 18.3 Å². The van der Waals surface area contributed by atoms with Gasteiger partial charge in [0.05, 0.1) is 29.9 Å². The van der Waals surface area contributed by atoms with Gasteiger partial charge in [-0.05, 0) is 73.5 Å². The summed E-state index contributed by atoms with van der Waals surface area (Å²) in [6.45, 7) is 3.06. The molecule has 0 aliphatic carbocycles. The molecule has 0 bridgehead atoms. The molecule has 190 valence electrons. The number of pyridine rings is 1. The van der Waals surface area contributed by atoms with Crippen molar-refractivity contribution in [2.45, 2.75) is 31.7 Å². The van der Waals surface area contributed by atoms with E-state index in [0.717, 1.165) is 36.1 Å². The summed E-state index contributed by atoms with van der Waals surface area (Å²) >= 11 is 0. The van der Waals surface area contributed by atoms with E-state index in [2.05, 4.69) is 10.00 Å². The molecule has 2 aromatic carbocycles. The third kappa shape index (κ3) is 5.48. The summed E-state index contributed by atoms with van der Waals surface area (Å²) in [6, 6.07) is 13.4. The van der Waals surface area contributed by atoms with E-state index < -0.39 is 17.8 Å². The average molecular weight is 519 g/mol. The number of alkyl halides is 3. The summed E-state index contributed by atoms with van der Waals surface area (Å²) in [5.41, 5.74) is 1.57. The minimum atomic E-state index is -4.40. The van der Waals surface area contributed by atoms with Gasteiger partial charge in [-0.3, -0.25) is 14.0 Å². The topological polar surface area (TPSA) is 63.3 Å². The van der Waals surface area contributed by atoms with Crippen LogP contribution >= 0.6 is 12.4 Å². The second kappa shape index (κ2) is 10.5. The van der Waals surface area contributed by atoms with Crippen LogP contribution in [0.1, 0.15) is 18.4 Å². The highest BCUT2D eigenvalue weighted by Gasteiger charge is 2.30. The number of rotatable bonds is 6. The van der Waals surface area contributed by atoms with Crippen molar-refractivity contribution in [1.82, 2.24) is 19.2 Å². The molecule has 1 saturated heterocycles. The lowest BCUT2D eigenvalue weighted by Gasteiger charge is -2.19. The normalized spacial score (nSPS) is 15.2. The number of fused-ring (bicyclic) bond motifs is 1. The number of hydrogen-bond donors (Lipinski definition) is 1. The monoisotopic (exact) mass is 518 g/mol. The van der Waals surface area contributed by atoms with E-state index in [1.807, 2.05) is 18.2 Å². The van der Waals surface area contributed by atoms with Crippen molar-refractivity contribution in [3.05, 3.63) is 82.9 Å². The Balaban J connectivity index is 0.00000304. The highest BCUT2D eigenvalue weighted by molar-refractivity contribution is 5.85. The second-order valence-electron chi connectivity index (χ2n) is 8.93. The number of β-amino-alcohol motifs (C(OH)–C–C–N with tert-alkyl or cyclic N) is 1. The lowest BCUT2D eigenvalue weighted by molar-refractivity contribution is -0.137. The highest BCUT2D eigenvalue weighted by Crippen LogP contribution is 2.30. The van der Waals surface area contributed by atoms with Gasteiger partial charge < -0.3 is 10.0 Å². The Morgan fingerprint density at radius 2 is 1.67 bits per heavy atom. The fraction of sp³-hybridized carbons (Fsp3) is 0.308. The Bertz CT molecular complexity index is 1390. The summed E-state index contributed by atoms with van der Waals surface area (Å²) in [7, 11) is 0. The first-order valence-electron chi connectivity index (χ1n) is 11.5. The van der Waals surface area contributed by atoms with Crippen molar-refractivity contribution in [3.63, 3.8) is 0 Å². The second-order valence-corrected chi connectivity index (χ2v) is 8.93. The molecule has 1 aliphatic rings. The molecule has 1 unspecified atom stereocenters. The van der Waals surface area contributed by atoms with E-state index >= 15 is 0 Å². The van der Waals surface area contributed by atoms with Gasteiger partial charge in [-0.1, -0.05) is 12.1 Å². The third-order valence-corrected chi connectivity index (χ3v) is 6.42. The molecule has 0 amide bonds. The maximum Gasteiger partial charge on any atom is 0.416 e. The maximum absolute atomic E-state index is 12.8. The summed E-state index contributed by atoms with van der Waals surface area (Å²) in [6.07, 6.45) is 0.746. The van der Waals surface area contributed by atoms with E-state index in [1.165, 1.54) is 35.6 Å². The highest BCUT2D eigenvalue weighted by atomic mass is 35.5. The molecule has 5 rings (SSSR count). The molecule has 1 N–H and O–H groups in total.